The summed E-state index contributed by atoms with van der Waals surface area (Å²) in [6.45, 7) is 6.86. The van der Waals surface area contributed by atoms with Crippen LogP contribution in [0, 0.1) is 17.8 Å². The minimum atomic E-state index is -4.32. The standard InChI is InChI=1S/C36H45ClN2O7S/c1-22(2)46-34(41)18-33-23(3)6-4-8-31(40)28-12-9-26(28)19-39-20-36(15-5-7-24-16-27(37)11-13-29(24)36)21-45-32-14-10-25(17-30(32)39)35(42)38-47(33,43)44/h4,6,10-11,13-14,16-17,22-23,26,28,31,33,40H,5,7-9,12,15,18-21H2,1-3H3,(H,38,42)/b6-4-/t23-,26-,28+,31-,33-,36-/m0/s1. The SMILES string of the molecule is CC(C)OC(=O)C[C@H]1[C@@H](C)/C=C\C[C@H](O)[C@@H]2CC[C@H]2CN2C[C@@]3(CCCc4cc(Cl)ccc43)COc3ccc(cc32)C(=O)NS1(=O)=O. The van der Waals surface area contributed by atoms with Crippen molar-refractivity contribution in [1.29, 1.82) is 0 Å². The topological polar surface area (TPSA) is 122 Å². The normalized spacial score (nSPS) is 31.0. The highest BCUT2D eigenvalue weighted by molar-refractivity contribution is 7.90. The van der Waals surface area contributed by atoms with E-state index < -0.39 is 51.7 Å². The summed E-state index contributed by atoms with van der Waals surface area (Å²) >= 11 is 6.40. The van der Waals surface area contributed by atoms with Crippen LogP contribution in [0.5, 0.6) is 5.75 Å². The maximum atomic E-state index is 13.7. The van der Waals surface area contributed by atoms with Gasteiger partial charge in [0.1, 0.15) is 5.75 Å². The zero-order valence-electron chi connectivity index (χ0n) is 27.3. The van der Waals surface area contributed by atoms with E-state index in [-0.39, 0.29) is 22.8 Å². The summed E-state index contributed by atoms with van der Waals surface area (Å²) in [5.74, 6) is -1.12. The molecular formula is C36H45ClN2O7S. The van der Waals surface area contributed by atoms with Crippen molar-refractivity contribution in [3.63, 3.8) is 0 Å². The van der Waals surface area contributed by atoms with E-state index in [2.05, 4.69) is 21.8 Å². The summed E-state index contributed by atoms with van der Waals surface area (Å²) in [6, 6.07) is 11.1. The zero-order chi connectivity index (χ0) is 33.5. The highest BCUT2D eigenvalue weighted by Gasteiger charge is 2.44. The smallest absolute Gasteiger partial charge is 0.307 e. The van der Waals surface area contributed by atoms with E-state index in [4.69, 9.17) is 21.1 Å². The number of fused-ring (bicyclic) bond motifs is 4. The summed E-state index contributed by atoms with van der Waals surface area (Å²) in [5, 5.41) is 10.8. The maximum Gasteiger partial charge on any atom is 0.307 e. The number of allylic oxidation sites excluding steroid dienone is 1. The molecule has 0 unspecified atom stereocenters. The molecule has 11 heteroatoms. The molecule has 47 heavy (non-hydrogen) atoms. The van der Waals surface area contributed by atoms with Crippen LogP contribution in [0.3, 0.4) is 0 Å². The Kier molecular flexibility index (Phi) is 9.67. The van der Waals surface area contributed by atoms with Gasteiger partial charge in [-0.2, -0.15) is 0 Å². The van der Waals surface area contributed by atoms with E-state index in [0.29, 0.717) is 36.9 Å². The Morgan fingerprint density at radius 1 is 1.21 bits per heavy atom. The molecule has 2 aliphatic carbocycles. The summed E-state index contributed by atoms with van der Waals surface area (Å²) in [4.78, 5) is 28.6. The number of halogens is 1. The lowest BCUT2D eigenvalue weighted by Gasteiger charge is -2.45. The lowest BCUT2D eigenvalue weighted by Crippen LogP contribution is -2.49. The molecule has 4 aliphatic rings. The Bertz CT molecular complexity index is 1660. The lowest BCUT2D eigenvalue weighted by molar-refractivity contribution is -0.147. The van der Waals surface area contributed by atoms with Gasteiger partial charge in [-0.25, -0.2) is 13.1 Å². The monoisotopic (exact) mass is 684 g/mol. The molecule has 0 radical (unpaired) electrons. The van der Waals surface area contributed by atoms with Gasteiger partial charge in [-0.15, -0.1) is 0 Å². The van der Waals surface area contributed by atoms with Crippen LogP contribution in [0.25, 0.3) is 0 Å². The minimum Gasteiger partial charge on any atom is -0.490 e. The van der Waals surface area contributed by atoms with Gasteiger partial charge in [0.2, 0.25) is 10.0 Å². The van der Waals surface area contributed by atoms with E-state index in [1.165, 1.54) is 11.1 Å². The van der Waals surface area contributed by atoms with Crippen LogP contribution in [0.4, 0.5) is 5.69 Å². The second-order valence-electron chi connectivity index (χ2n) is 14.1. The Balaban J connectivity index is 1.39. The summed E-state index contributed by atoms with van der Waals surface area (Å²) in [6.07, 6.45) is 7.21. The van der Waals surface area contributed by atoms with Gasteiger partial charge in [-0.1, -0.05) is 36.7 Å². The van der Waals surface area contributed by atoms with Gasteiger partial charge < -0.3 is 19.5 Å². The van der Waals surface area contributed by atoms with Gasteiger partial charge in [-0.3, -0.25) is 9.59 Å². The van der Waals surface area contributed by atoms with Gasteiger partial charge in [0, 0.05) is 29.1 Å². The molecule has 1 fully saturated rings. The number of carbonyl (C=O) groups is 2. The van der Waals surface area contributed by atoms with E-state index >= 15 is 0 Å². The molecular weight excluding hydrogens is 640 g/mol. The van der Waals surface area contributed by atoms with Crippen molar-refractivity contribution < 1.29 is 32.6 Å². The fourth-order valence-electron chi connectivity index (χ4n) is 7.92. The third kappa shape index (κ3) is 7.06. The number of anilines is 1. The molecule has 2 bridgehead atoms. The molecule has 2 heterocycles. The van der Waals surface area contributed by atoms with Crippen molar-refractivity contribution in [3.05, 3.63) is 70.3 Å². The number of esters is 1. The quantitative estimate of drug-likeness (QED) is 0.318. The number of amides is 1. The molecule has 9 nitrogen and oxygen atoms in total. The first-order valence-electron chi connectivity index (χ1n) is 16.8. The van der Waals surface area contributed by atoms with Crippen molar-refractivity contribution in [2.75, 3.05) is 24.6 Å². The number of hydrogen-bond acceptors (Lipinski definition) is 8. The van der Waals surface area contributed by atoms with Gasteiger partial charge >= 0.3 is 5.97 Å². The number of nitrogens with one attached hydrogen (secondary N) is 1. The highest BCUT2D eigenvalue weighted by atomic mass is 35.5. The van der Waals surface area contributed by atoms with Crippen LogP contribution in [0.15, 0.2) is 48.6 Å². The molecule has 1 saturated carbocycles. The number of nitrogens with zero attached hydrogens (tertiary/aromatic N) is 1. The van der Waals surface area contributed by atoms with Crippen LogP contribution in [0.1, 0.15) is 80.8 Å². The molecule has 0 saturated heterocycles. The number of sulfonamides is 1. The van der Waals surface area contributed by atoms with Crippen molar-refractivity contribution in [3.8, 4) is 5.75 Å². The van der Waals surface area contributed by atoms with Crippen LogP contribution < -0.4 is 14.4 Å². The van der Waals surface area contributed by atoms with Gasteiger partial charge in [-0.05, 0) is 112 Å². The molecule has 6 atom stereocenters. The Morgan fingerprint density at radius 2 is 2.02 bits per heavy atom. The summed E-state index contributed by atoms with van der Waals surface area (Å²) in [7, 11) is -4.32. The van der Waals surface area contributed by atoms with Crippen molar-refractivity contribution in [2.24, 2.45) is 17.8 Å². The maximum absolute atomic E-state index is 13.7. The minimum absolute atomic E-state index is 0.0795. The molecule has 1 amide bonds. The number of aliphatic hydroxyl groups is 1. The Hall–Kier alpha value is -3.08. The van der Waals surface area contributed by atoms with Crippen molar-refractivity contribution in [2.45, 2.75) is 88.6 Å². The first-order chi connectivity index (χ1) is 22.3. The summed E-state index contributed by atoms with van der Waals surface area (Å²) in [5.41, 5.74) is 3.05. The molecule has 1 spiro atoms. The Labute approximate surface area is 282 Å². The van der Waals surface area contributed by atoms with Crippen LogP contribution in [-0.4, -0.2) is 62.6 Å². The molecule has 0 aromatic heterocycles. The number of aliphatic hydroxyl groups excluding tert-OH is 1. The van der Waals surface area contributed by atoms with Gasteiger partial charge in [0.05, 0.1) is 36.2 Å². The number of rotatable bonds is 3. The number of aryl methyl sites for hydroxylation is 1. The molecule has 2 aliphatic heterocycles. The van der Waals surface area contributed by atoms with Gasteiger partial charge in [0.25, 0.3) is 5.91 Å². The fourth-order valence-corrected chi connectivity index (χ4v) is 9.65. The molecule has 2 aromatic carbocycles. The average molecular weight is 685 g/mol. The van der Waals surface area contributed by atoms with Crippen molar-refractivity contribution in [1.82, 2.24) is 4.72 Å². The Morgan fingerprint density at radius 3 is 2.77 bits per heavy atom. The second-order valence-corrected chi connectivity index (χ2v) is 16.5. The highest BCUT2D eigenvalue weighted by Crippen LogP contribution is 2.47. The average Bonchev–Trinajstić information content (AvgIpc) is 3.13. The zero-order valence-corrected chi connectivity index (χ0v) is 28.9. The third-order valence-corrected chi connectivity index (χ3v) is 12.6. The van der Waals surface area contributed by atoms with Crippen LogP contribution >= 0.6 is 11.6 Å². The molecule has 6 rings (SSSR count). The van der Waals surface area contributed by atoms with E-state index in [1.807, 2.05) is 6.07 Å². The van der Waals surface area contributed by atoms with Gasteiger partial charge in [0.15, 0.2) is 0 Å². The predicted octanol–water partition coefficient (Wildman–Crippen LogP) is 5.57. The number of benzene rings is 2. The number of carbonyl (C=O) groups excluding carboxylic acids is 2. The predicted molar refractivity (Wildman–Crippen MR) is 181 cm³/mol. The van der Waals surface area contributed by atoms with E-state index in [9.17, 15) is 23.1 Å². The largest absolute Gasteiger partial charge is 0.490 e. The molecule has 2 aromatic rings. The number of ether oxygens (including phenoxy) is 2. The first-order valence-corrected chi connectivity index (χ1v) is 18.7. The van der Waals surface area contributed by atoms with Crippen LogP contribution in [-0.2, 0) is 31.4 Å². The van der Waals surface area contributed by atoms with E-state index in [0.717, 1.165) is 37.8 Å². The molecule has 254 valence electrons. The number of hydrogen-bond donors (Lipinski definition) is 2. The lowest BCUT2D eigenvalue weighted by atomic mass is 9.68. The third-order valence-electron chi connectivity index (χ3n) is 10.5. The first kappa shape index (κ1) is 33.8. The summed E-state index contributed by atoms with van der Waals surface area (Å²) < 4.78 is 41.5. The van der Waals surface area contributed by atoms with Crippen LogP contribution in [0.2, 0.25) is 5.02 Å². The fraction of sp³-hybridized carbons (Fsp3) is 0.556. The molecule has 2 N–H and O–H groups in total. The second kappa shape index (κ2) is 13.4. The van der Waals surface area contributed by atoms with E-state index in [1.54, 1.807) is 51.1 Å². The van der Waals surface area contributed by atoms with Crippen molar-refractivity contribution >= 4 is 39.2 Å².